The van der Waals surface area contributed by atoms with Crippen molar-refractivity contribution in [2.75, 3.05) is 21.3 Å². The van der Waals surface area contributed by atoms with Crippen LogP contribution in [0.5, 0.6) is 17.2 Å². The van der Waals surface area contributed by atoms with E-state index in [2.05, 4.69) is 4.98 Å². The van der Waals surface area contributed by atoms with Crippen molar-refractivity contribution in [3.05, 3.63) is 59.5 Å². The first-order chi connectivity index (χ1) is 14.5. The number of nitrogens with zero attached hydrogens (tertiary/aromatic N) is 1. The van der Waals surface area contributed by atoms with Gasteiger partial charge in [-0.05, 0) is 43.2 Å². The number of carbonyl (C=O) groups excluding carboxylic acids is 1. The fraction of sp³-hybridized carbons (Fsp3) is 0.304. The predicted molar refractivity (Wildman–Crippen MR) is 111 cm³/mol. The van der Waals surface area contributed by atoms with Crippen LogP contribution < -0.4 is 14.2 Å². The van der Waals surface area contributed by atoms with Crippen LogP contribution in [-0.4, -0.2) is 32.3 Å². The number of aryl methyl sites for hydroxylation is 2. The largest absolute Gasteiger partial charge is 0.493 e. The number of rotatable bonds is 9. The van der Waals surface area contributed by atoms with Crippen LogP contribution in [0.4, 0.5) is 0 Å². The van der Waals surface area contributed by atoms with Gasteiger partial charge in [0, 0.05) is 12.0 Å². The van der Waals surface area contributed by atoms with E-state index in [-0.39, 0.29) is 19.0 Å². The van der Waals surface area contributed by atoms with Crippen LogP contribution in [0.15, 0.2) is 46.9 Å². The summed E-state index contributed by atoms with van der Waals surface area (Å²) in [5, 5.41) is 0. The van der Waals surface area contributed by atoms with Crippen molar-refractivity contribution in [1.29, 1.82) is 0 Å². The average Bonchev–Trinajstić information content (AvgIpc) is 3.16. The molecule has 0 aliphatic rings. The number of aromatic nitrogens is 1. The fourth-order valence-corrected chi connectivity index (χ4v) is 3.01. The third-order valence-electron chi connectivity index (χ3n) is 4.63. The molecule has 1 aromatic heterocycles. The van der Waals surface area contributed by atoms with Gasteiger partial charge in [0.05, 0.1) is 21.3 Å². The summed E-state index contributed by atoms with van der Waals surface area (Å²) in [6.45, 7) is 1.87. The van der Waals surface area contributed by atoms with Crippen molar-refractivity contribution < 1.29 is 28.2 Å². The Balaban J connectivity index is 1.59. The molecule has 0 aliphatic carbocycles. The quantitative estimate of drug-likeness (QED) is 0.484. The predicted octanol–water partition coefficient (Wildman–Crippen LogP) is 4.35. The number of hydrogen-bond donors (Lipinski definition) is 0. The Morgan fingerprint density at radius 3 is 2.27 bits per heavy atom. The summed E-state index contributed by atoms with van der Waals surface area (Å²) in [6.07, 6.45) is 0.684. The van der Waals surface area contributed by atoms with Gasteiger partial charge in [0.1, 0.15) is 18.1 Å². The molecule has 3 rings (SSSR count). The van der Waals surface area contributed by atoms with E-state index in [1.807, 2.05) is 42.5 Å². The Labute approximate surface area is 175 Å². The number of methoxy groups -OCH3 is 3. The second-order valence-corrected chi connectivity index (χ2v) is 6.58. The Bertz CT molecular complexity index is 971. The molecule has 2 aromatic carbocycles. The molecule has 0 spiro atoms. The Morgan fingerprint density at radius 2 is 1.67 bits per heavy atom. The molecule has 0 N–H and O–H groups in total. The van der Waals surface area contributed by atoms with Gasteiger partial charge in [0.25, 0.3) is 0 Å². The zero-order chi connectivity index (χ0) is 21.5. The monoisotopic (exact) mass is 411 g/mol. The molecule has 0 aliphatic heterocycles. The maximum atomic E-state index is 12.2. The van der Waals surface area contributed by atoms with Crippen molar-refractivity contribution >= 4 is 5.97 Å². The molecule has 0 bridgehead atoms. The minimum atomic E-state index is -0.326. The van der Waals surface area contributed by atoms with Crippen molar-refractivity contribution in [3.63, 3.8) is 0 Å². The highest BCUT2D eigenvalue weighted by Gasteiger charge is 2.16. The van der Waals surface area contributed by atoms with Gasteiger partial charge in [0.15, 0.2) is 11.5 Å². The summed E-state index contributed by atoms with van der Waals surface area (Å²) in [5.41, 5.74) is 2.36. The minimum absolute atomic E-state index is 0.0657. The second-order valence-electron chi connectivity index (χ2n) is 6.58. The van der Waals surface area contributed by atoms with Gasteiger partial charge in [-0.2, -0.15) is 0 Å². The first-order valence-corrected chi connectivity index (χ1v) is 9.52. The number of carbonyl (C=O) groups is 1. The van der Waals surface area contributed by atoms with Gasteiger partial charge in [0.2, 0.25) is 11.6 Å². The Kier molecular flexibility index (Phi) is 6.95. The van der Waals surface area contributed by atoms with Crippen LogP contribution in [0.3, 0.4) is 0 Å². The van der Waals surface area contributed by atoms with E-state index in [9.17, 15) is 4.79 Å². The van der Waals surface area contributed by atoms with E-state index in [4.69, 9.17) is 23.4 Å². The zero-order valence-electron chi connectivity index (χ0n) is 17.6. The molecular weight excluding hydrogens is 386 g/mol. The summed E-state index contributed by atoms with van der Waals surface area (Å²) in [4.78, 5) is 16.7. The fourth-order valence-electron chi connectivity index (χ4n) is 3.01. The highest BCUT2D eigenvalue weighted by molar-refractivity contribution is 5.70. The van der Waals surface area contributed by atoms with Gasteiger partial charge >= 0.3 is 5.97 Å². The maximum Gasteiger partial charge on any atom is 0.306 e. The lowest BCUT2D eigenvalue weighted by molar-refractivity contribution is -0.145. The molecule has 158 valence electrons. The van der Waals surface area contributed by atoms with Gasteiger partial charge in [-0.15, -0.1) is 0 Å². The normalized spacial score (nSPS) is 10.5. The third-order valence-corrected chi connectivity index (χ3v) is 4.63. The second kappa shape index (κ2) is 9.82. The van der Waals surface area contributed by atoms with E-state index in [0.29, 0.717) is 41.0 Å². The highest BCUT2D eigenvalue weighted by Crippen LogP contribution is 2.38. The van der Waals surface area contributed by atoms with Crippen LogP contribution in [0.2, 0.25) is 0 Å². The summed E-state index contributed by atoms with van der Waals surface area (Å²) in [7, 11) is 4.66. The molecule has 0 saturated carbocycles. The van der Waals surface area contributed by atoms with Crippen molar-refractivity contribution in [2.24, 2.45) is 0 Å². The number of esters is 1. The van der Waals surface area contributed by atoms with Crippen molar-refractivity contribution in [3.8, 4) is 28.7 Å². The average molecular weight is 411 g/mol. The number of hydrogen-bond acceptors (Lipinski definition) is 7. The van der Waals surface area contributed by atoms with Crippen LogP contribution in [-0.2, 0) is 22.6 Å². The zero-order valence-corrected chi connectivity index (χ0v) is 17.6. The smallest absolute Gasteiger partial charge is 0.306 e. The van der Waals surface area contributed by atoms with Crippen molar-refractivity contribution in [1.82, 2.24) is 4.98 Å². The molecular formula is C23H25NO6. The van der Waals surface area contributed by atoms with E-state index < -0.39 is 0 Å². The topological polar surface area (TPSA) is 80.0 Å². The minimum Gasteiger partial charge on any atom is -0.493 e. The molecule has 1 heterocycles. The number of ether oxygens (including phenoxy) is 4. The van der Waals surface area contributed by atoms with Crippen molar-refractivity contribution in [2.45, 2.75) is 26.4 Å². The van der Waals surface area contributed by atoms with Gasteiger partial charge < -0.3 is 23.4 Å². The lowest BCUT2D eigenvalue weighted by Gasteiger charge is -2.14. The van der Waals surface area contributed by atoms with Crippen LogP contribution in [0.25, 0.3) is 11.5 Å². The van der Waals surface area contributed by atoms with E-state index in [1.165, 1.54) is 0 Å². The molecule has 3 aromatic rings. The molecule has 0 amide bonds. The molecule has 0 atom stereocenters. The SMILES string of the molecule is COc1cc(CCC(=O)OCc2nc(-c3ccccc3)oc2C)cc(OC)c1OC. The molecule has 30 heavy (non-hydrogen) atoms. The Morgan fingerprint density at radius 1 is 1.00 bits per heavy atom. The molecule has 0 saturated heterocycles. The van der Waals surface area contributed by atoms with Crippen LogP contribution in [0.1, 0.15) is 23.4 Å². The Hall–Kier alpha value is -3.48. The van der Waals surface area contributed by atoms with E-state index >= 15 is 0 Å². The highest BCUT2D eigenvalue weighted by atomic mass is 16.5. The van der Waals surface area contributed by atoms with Crippen LogP contribution >= 0.6 is 0 Å². The summed E-state index contributed by atoms with van der Waals surface area (Å²) < 4.78 is 27.1. The molecule has 7 heteroatoms. The van der Waals surface area contributed by atoms with Gasteiger partial charge in [-0.1, -0.05) is 18.2 Å². The third kappa shape index (κ3) is 4.92. The summed E-state index contributed by atoms with van der Waals surface area (Å²) in [6, 6.07) is 13.2. The summed E-state index contributed by atoms with van der Waals surface area (Å²) >= 11 is 0. The molecule has 0 unspecified atom stereocenters. The number of oxazole rings is 1. The standard InChI is InChI=1S/C23H25NO6/c1-15-18(24-23(30-15)17-8-6-5-7-9-17)14-29-21(25)11-10-16-12-19(26-2)22(28-4)20(13-16)27-3/h5-9,12-13H,10-11,14H2,1-4H3. The lowest BCUT2D eigenvalue weighted by atomic mass is 10.1. The molecule has 0 fully saturated rings. The van der Waals surface area contributed by atoms with E-state index in [1.54, 1.807) is 28.3 Å². The first-order valence-electron chi connectivity index (χ1n) is 9.52. The van der Waals surface area contributed by atoms with Gasteiger partial charge in [-0.25, -0.2) is 4.98 Å². The molecule has 7 nitrogen and oxygen atoms in total. The molecule has 0 radical (unpaired) electrons. The maximum absolute atomic E-state index is 12.2. The van der Waals surface area contributed by atoms with Crippen LogP contribution in [0, 0.1) is 6.92 Å². The summed E-state index contributed by atoms with van der Waals surface area (Å²) in [5.74, 6) is 2.43. The lowest BCUT2D eigenvalue weighted by Crippen LogP contribution is -2.07. The first kappa shape index (κ1) is 21.2. The number of benzene rings is 2. The van der Waals surface area contributed by atoms with E-state index in [0.717, 1.165) is 11.1 Å². The van der Waals surface area contributed by atoms with Gasteiger partial charge in [-0.3, -0.25) is 4.79 Å².